The third-order valence-electron chi connectivity index (χ3n) is 1.77. The van der Waals surface area contributed by atoms with Gasteiger partial charge in [-0.1, -0.05) is 6.07 Å². The first-order chi connectivity index (χ1) is 6.20. The number of halogens is 1. The lowest BCUT2D eigenvalue weighted by atomic mass is 9.87. The van der Waals surface area contributed by atoms with Gasteiger partial charge in [0.05, 0.1) is 5.59 Å². The van der Waals surface area contributed by atoms with Gasteiger partial charge in [-0.05, 0) is 12.1 Å². The number of imidazole rings is 1. The number of pyridine rings is 1. The van der Waals surface area contributed by atoms with Gasteiger partial charge in [-0.25, -0.2) is 4.98 Å². The van der Waals surface area contributed by atoms with E-state index in [4.69, 9.17) is 10.0 Å². The van der Waals surface area contributed by atoms with Crippen LogP contribution in [0.5, 0.6) is 0 Å². The molecule has 0 saturated heterocycles. The molecule has 0 amide bonds. The maximum absolute atomic E-state index is 13.1. The van der Waals surface area contributed by atoms with Crippen LogP contribution < -0.4 is 5.59 Å². The van der Waals surface area contributed by atoms with Crippen molar-refractivity contribution in [2.75, 3.05) is 0 Å². The SMILES string of the molecule is OB(O)c1cnc2cccc(F)n12. The second-order valence-electron chi connectivity index (χ2n) is 2.60. The molecule has 2 N–H and O–H groups in total. The molecule has 4 nitrogen and oxygen atoms in total. The van der Waals surface area contributed by atoms with Gasteiger partial charge in [-0.2, -0.15) is 4.39 Å². The van der Waals surface area contributed by atoms with E-state index in [0.717, 1.165) is 4.40 Å². The van der Waals surface area contributed by atoms with E-state index >= 15 is 0 Å². The van der Waals surface area contributed by atoms with E-state index in [1.54, 1.807) is 6.07 Å². The summed E-state index contributed by atoms with van der Waals surface area (Å²) in [5.41, 5.74) is 0.371. The Kier molecular flexibility index (Phi) is 1.79. The van der Waals surface area contributed by atoms with Crippen LogP contribution in [0.2, 0.25) is 0 Å². The normalized spacial score (nSPS) is 10.7. The molecule has 0 atom stereocenters. The lowest BCUT2D eigenvalue weighted by molar-refractivity contribution is 0.422. The zero-order chi connectivity index (χ0) is 9.42. The summed E-state index contributed by atoms with van der Waals surface area (Å²) in [5.74, 6) is -0.571. The molecule has 0 aromatic carbocycles. The first-order valence-corrected chi connectivity index (χ1v) is 3.68. The predicted molar refractivity (Wildman–Crippen MR) is 45.0 cm³/mol. The standard InChI is InChI=1S/C7H6BFN2O2/c9-6-2-1-3-7-10-4-5(8(12)13)11(6)7/h1-4,12-13H. The van der Waals surface area contributed by atoms with Crippen molar-refractivity contribution in [2.45, 2.75) is 0 Å². The Labute approximate surface area is 73.4 Å². The molecular weight excluding hydrogens is 174 g/mol. The van der Waals surface area contributed by atoms with Crippen molar-refractivity contribution in [1.29, 1.82) is 0 Å². The molecule has 2 aromatic rings. The minimum absolute atomic E-state index is 0.0214. The molecule has 0 aliphatic carbocycles. The molecule has 0 bridgehead atoms. The number of aromatic nitrogens is 2. The van der Waals surface area contributed by atoms with Gasteiger partial charge in [0.25, 0.3) is 0 Å². The highest BCUT2D eigenvalue weighted by molar-refractivity contribution is 6.57. The van der Waals surface area contributed by atoms with Gasteiger partial charge in [0.15, 0.2) is 5.95 Å². The van der Waals surface area contributed by atoms with Crippen molar-refractivity contribution in [3.63, 3.8) is 0 Å². The molecule has 0 aliphatic rings. The molecular formula is C7H6BFN2O2. The first kappa shape index (κ1) is 8.21. The molecule has 6 heteroatoms. The van der Waals surface area contributed by atoms with Crippen LogP contribution in [0.1, 0.15) is 0 Å². The Morgan fingerprint density at radius 3 is 2.85 bits per heavy atom. The van der Waals surface area contributed by atoms with E-state index in [1.165, 1.54) is 18.3 Å². The molecule has 0 fully saturated rings. The zero-order valence-corrected chi connectivity index (χ0v) is 6.55. The number of nitrogens with zero attached hydrogens (tertiary/aromatic N) is 2. The molecule has 13 heavy (non-hydrogen) atoms. The summed E-state index contributed by atoms with van der Waals surface area (Å²) in [6.45, 7) is 0. The summed E-state index contributed by atoms with van der Waals surface area (Å²) < 4.78 is 14.2. The van der Waals surface area contributed by atoms with Crippen LogP contribution in [0, 0.1) is 5.95 Å². The smallest absolute Gasteiger partial charge is 0.422 e. The van der Waals surface area contributed by atoms with E-state index in [-0.39, 0.29) is 5.59 Å². The Balaban J connectivity index is 2.79. The van der Waals surface area contributed by atoms with Gasteiger partial charge < -0.3 is 10.0 Å². The van der Waals surface area contributed by atoms with Crippen LogP contribution in [0.3, 0.4) is 0 Å². The largest absolute Gasteiger partial charge is 0.508 e. The maximum atomic E-state index is 13.1. The van der Waals surface area contributed by atoms with Gasteiger partial charge in [0, 0.05) is 6.20 Å². The van der Waals surface area contributed by atoms with Gasteiger partial charge in [-0.15, -0.1) is 0 Å². The molecule has 0 spiro atoms. The second-order valence-corrected chi connectivity index (χ2v) is 2.60. The highest BCUT2D eigenvalue weighted by Gasteiger charge is 2.18. The number of hydrogen-bond donors (Lipinski definition) is 2. The maximum Gasteiger partial charge on any atom is 0.508 e. The van der Waals surface area contributed by atoms with Gasteiger partial charge >= 0.3 is 7.12 Å². The number of fused-ring (bicyclic) bond motifs is 1. The van der Waals surface area contributed by atoms with Crippen LogP contribution >= 0.6 is 0 Å². The van der Waals surface area contributed by atoms with E-state index in [0.29, 0.717) is 5.65 Å². The topological polar surface area (TPSA) is 57.8 Å². The highest BCUT2D eigenvalue weighted by Crippen LogP contribution is 2.02. The molecule has 0 unspecified atom stereocenters. The second kappa shape index (κ2) is 2.83. The molecule has 2 heterocycles. The van der Waals surface area contributed by atoms with Crippen molar-refractivity contribution < 1.29 is 14.4 Å². The van der Waals surface area contributed by atoms with Crippen molar-refractivity contribution in [3.05, 3.63) is 30.3 Å². The summed E-state index contributed by atoms with van der Waals surface area (Å²) in [4.78, 5) is 3.80. The Morgan fingerprint density at radius 2 is 2.15 bits per heavy atom. The van der Waals surface area contributed by atoms with Crippen LogP contribution in [-0.4, -0.2) is 26.6 Å². The summed E-state index contributed by atoms with van der Waals surface area (Å²) in [6, 6.07) is 4.31. The summed E-state index contributed by atoms with van der Waals surface area (Å²) in [6.07, 6.45) is 1.23. The van der Waals surface area contributed by atoms with Crippen molar-refractivity contribution in [2.24, 2.45) is 0 Å². The Bertz CT molecular complexity index is 443. The molecule has 2 rings (SSSR count). The van der Waals surface area contributed by atoms with Gasteiger partial charge in [-0.3, -0.25) is 4.40 Å². The fourth-order valence-electron chi connectivity index (χ4n) is 1.20. The van der Waals surface area contributed by atoms with Crippen LogP contribution in [0.4, 0.5) is 4.39 Å². The summed E-state index contributed by atoms with van der Waals surface area (Å²) in [5, 5.41) is 17.7. The average molecular weight is 180 g/mol. The fraction of sp³-hybridized carbons (Fsp3) is 0. The summed E-state index contributed by atoms with van der Waals surface area (Å²) in [7, 11) is -1.72. The molecule has 66 valence electrons. The number of hydrogen-bond acceptors (Lipinski definition) is 3. The predicted octanol–water partition coefficient (Wildman–Crippen LogP) is -0.847. The van der Waals surface area contributed by atoms with Gasteiger partial charge in [0.1, 0.15) is 5.65 Å². The van der Waals surface area contributed by atoms with Crippen molar-refractivity contribution >= 4 is 18.4 Å². The van der Waals surface area contributed by atoms with E-state index < -0.39 is 13.1 Å². The lowest BCUT2D eigenvalue weighted by Crippen LogP contribution is -2.34. The zero-order valence-electron chi connectivity index (χ0n) is 6.55. The van der Waals surface area contributed by atoms with Crippen LogP contribution in [0.25, 0.3) is 5.65 Å². The van der Waals surface area contributed by atoms with Crippen LogP contribution in [0.15, 0.2) is 24.4 Å². The third kappa shape index (κ3) is 1.20. The molecule has 0 saturated carbocycles. The summed E-state index contributed by atoms with van der Waals surface area (Å²) >= 11 is 0. The Morgan fingerprint density at radius 1 is 1.38 bits per heavy atom. The molecule has 0 radical (unpaired) electrons. The third-order valence-corrected chi connectivity index (χ3v) is 1.77. The lowest BCUT2D eigenvalue weighted by Gasteiger charge is -2.00. The Hall–Kier alpha value is -1.40. The van der Waals surface area contributed by atoms with Gasteiger partial charge in [0.2, 0.25) is 0 Å². The quantitative estimate of drug-likeness (QED) is 0.444. The average Bonchev–Trinajstić information content (AvgIpc) is 2.49. The van der Waals surface area contributed by atoms with Crippen molar-refractivity contribution in [3.8, 4) is 0 Å². The number of rotatable bonds is 1. The van der Waals surface area contributed by atoms with E-state index in [9.17, 15) is 4.39 Å². The van der Waals surface area contributed by atoms with Crippen molar-refractivity contribution in [1.82, 2.24) is 9.38 Å². The van der Waals surface area contributed by atoms with E-state index in [2.05, 4.69) is 4.98 Å². The van der Waals surface area contributed by atoms with E-state index in [1.807, 2.05) is 0 Å². The van der Waals surface area contributed by atoms with Crippen LogP contribution in [-0.2, 0) is 0 Å². The fourth-order valence-corrected chi connectivity index (χ4v) is 1.20. The minimum Gasteiger partial charge on any atom is -0.422 e. The highest BCUT2D eigenvalue weighted by atomic mass is 19.1. The first-order valence-electron chi connectivity index (χ1n) is 3.68. The minimum atomic E-state index is -1.72. The molecule has 0 aliphatic heterocycles. The molecule has 2 aromatic heterocycles. The monoisotopic (exact) mass is 180 g/mol.